The van der Waals surface area contributed by atoms with Gasteiger partial charge in [0.15, 0.2) is 10.8 Å². The molecular formula is C10H15S+. The van der Waals surface area contributed by atoms with Gasteiger partial charge in [-0.1, -0.05) is 18.2 Å². The van der Waals surface area contributed by atoms with Crippen LogP contribution in [0.15, 0.2) is 35.3 Å². The zero-order chi connectivity index (χ0) is 8.69. The summed E-state index contributed by atoms with van der Waals surface area (Å²) in [6.45, 7) is 9.87. The summed E-state index contributed by atoms with van der Waals surface area (Å²) in [4.78, 5) is 0. The molecule has 0 radical (unpaired) electrons. The predicted octanol–water partition coefficient (Wildman–Crippen LogP) is 2.93. The lowest BCUT2D eigenvalue weighted by Gasteiger charge is -1.75. The number of hydrogen-bond acceptors (Lipinski definition) is 0. The standard InChI is InChI=1S/C10H15S/c1-5-10(4)8-11-7-6-9(2)3/h5-8H,1H2,2-4H3/q+1/b10-8+. The maximum Gasteiger partial charge on any atom is 0.211 e. The SMILES string of the molecule is C=C/C(C)=C/[S+]=CC=C(C)C. The van der Waals surface area contributed by atoms with Crippen molar-refractivity contribution in [2.24, 2.45) is 0 Å². The molecule has 0 heterocycles. The summed E-state index contributed by atoms with van der Waals surface area (Å²) in [5, 5.41) is 4.15. The van der Waals surface area contributed by atoms with Crippen LogP contribution in [-0.4, -0.2) is 5.37 Å². The molecule has 1 heteroatoms. The van der Waals surface area contributed by atoms with E-state index in [0.717, 1.165) is 0 Å². The zero-order valence-corrected chi connectivity index (χ0v) is 8.24. The van der Waals surface area contributed by atoms with Gasteiger partial charge in [-0.2, -0.15) is 0 Å². The van der Waals surface area contributed by atoms with Crippen molar-refractivity contribution in [1.82, 2.24) is 0 Å². The van der Waals surface area contributed by atoms with Crippen LogP contribution in [0.3, 0.4) is 0 Å². The monoisotopic (exact) mass is 167 g/mol. The molecule has 0 aromatic rings. The molecule has 0 atom stereocenters. The Kier molecular flexibility index (Phi) is 5.67. The first-order valence-electron chi connectivity index (χ1n) is 3.58. The second kappa shape index (κ2) is 6.05. The lowest BCUT2D eigenvalue weighted by atomic mass is 10.3. The van der Waals surface area contributed by atoms with Gasteiger partial charge in [-0.3, -0.25) is 0 Å². The van der Waals surface area contributed by atoms with E-state index in [1.54, 1.807) is 11.4 Å². The largest absolute Gasteiger partial charge is 0.211 e. The molecule has 0 nitrogen and oxygen atoms in total. The molecule has 0 aliphatic rings. The fourth-order valence-corrected chi connectivity index (χ4v) is 1.11. The van der Waals surface area contributed by atoms with Crippen molar-refractivity contribution in [2.45, 2.75) is 20.8 Å². The Morgan fingerprint density at radius 3 is 2.36 bits per heavy atom. The lowest BCUT2D eigenvalue weighted by Crippen LogP contribution is -1.70. The van der Waals surface area contributed by atoms with Gasteiger partial charge in [0.05, 0.1) is 0 Å². The molecule has 0 bridgehead atoms. The molecule has 0 aliphatic heterocycles. The molecule has 11 heavy (non-hydrogen) atoms. The van der Waals surface area contributed by atoms with Crippen LogP contribution in [0.1, 0.15) is 20.8 Å². The minimum Gasteiger partial charge on any atom is -0.0986 e. The molecule has 0 N–H and O–H groups in total. The van der Waals surface area contributed by atoms with E-state index in [4.69, 9.17) is 0 Å². The van der Waals surface area contributed by atoms with Crippen molar-refractivity contribution in [2.75, 3.05) is 0 Å². The Morgan fingerprint density at radius 2 is 1.91 bits per heavy atom. The van der Waals surface area contributed by atoms with Crippen LogP contribution in [0.5, 0.6) is 0 Å². The van der Waals surface area contributed by atoms with E-state index in [0.29, 0.717) is 0 Å². The summed E-state index contributed by atoms with van der Waals surface area (Å²) >= 11 is 1.68. The molecule has 0 aliphatic carbocycles. The van der Waals surface area contributed by atoms with Crippen LogP contribution in [0.2, 0.25) is 0 Å². The summed E-state index contributed by atoms with van der Waals surface area (Å²) in [7, 11) is 0. The molecule has 0 rings (SSSR count). The Hall–Kier alpha value is -0.690. The van der Waals surface area contributed by atoms with Crippen LogP contribution < -0.4 is 0 Å². The van der Waals surface area contributed by atoms with E-state index in [1.165, 1.54) is 11.1 Å². The van der Waals surface area contributed by atoms with E-state index in [1.807, 2.05) is 13.0 Å². The fraction of sp³-hybridized carbons (Fsp3) is 0.300. The van der Waals surface area contributed by atoms with Crippen LogP contribution in [0.4, 0.5) is 0 Å². The highest BCUT2D eigenvalue weighted by atomic mass is 32.1. The van der Waals surface area contributed by atoms with Crippen LogP contribution in [0, 0.1) is 0 Å². The Labute approximate surface area is 73.3 Å². The highest BCUT2D eigenvalue weighted by Gasteiger charge is 1.85. The van der Waals surface area contributed by atoms with Gasteiger partial charge in [0.25, 0.3) is 0 Å². The Morgan fingerprint density at radius 1 is 1.27 bits per heavy atom. The number of hydrogen-bond donors (Lipinski definition) is 0. The Balaban J connectivity index is 3.96. The van der Waals surface area contributed by atoms with E-state index >= 15 is 0 Å². The molecule has 0 unspecified atom stereocenters. The second-order valence-corrected chi connectivity index (χ2v) is 3.36. The minimum atomic E-state index is 1.20. The number of allylic oxidation sites excluding steroid dienone is 4. The molecule has 0 aromatic carbocycles. The molecule has 60 valence electrons. The molecular weight excluding hydrogens is 152 g/mol. The first-order valence-corrected chi connectivity index (χ1v) is 4.52. The molecule has 0 saturated carbocycles. The number of rotatable bonds is 3. The minimum absolute atomic E-state index is 1.20. The third kappa shape index (κ3) is 7.20. The van der Waals surface area contributed by atoms with Crippen LogP contribution in [0.25, 0.3) is 0 Å². The van der Waals surface area contributed by atoms with Crippen molar-refractivity contribution >= 4 is 16.7 Å². The summed E-state index contributed by atoms with van der Waals surface area (Å²) in [5.74, 6) is 0. The van der Waals surface area contributed by atoms with Gasteiger partial charge in [-0.15, -0.1) is 0 Å². The van der Waals surface area contributed by atoms with Crippen LogP contribution >= 0.6 is 0 Å². The first-order chi connectivity index (χ1) is 5.16. The highest BCUT2D eigenvalue weighted by Crippen LogP contribution is 1.90. The molecule has 0 spiro atoms. The fourth-order valence-electron chi connectivity index (χ4n) is 0.370. The van der Waals surface area contributed by atoms with E-state index in [-0.39, 0.29) is 0 Å². The summed E-state index contributed by atoms with van der Waals surface area (Å²) in [6.07, 6.45) is 3.95. The van der Waals surface area contributed by atoms with Crippen molar-refractivity contribution in [1.29, 1.82) is 0 Å². The highest BCUT2D eigenvalue weighted by molar-refractivity contribution is 7.80. The normalized spacial score (nSPS) is 11.7. The smallest absolute Gasteiger partial charge is 0.0986 e. The van der Waals surface area contributed by atoms with Crippen molar-refractivity contribution in [3.05, 3.63) is 35.3 Å². The first kappa shape index (κ1) is 10.3. The van der Waals surface area contributed by atoms with E-state index in [9.17, 15) is 0 Å². The zero-order valence-electron chi connectivity index (χ0n) is 7.42. The van der Waals surface area contributed by atoms with Gasteiger partial charge in [-0.25, -0.2) is 0 Å². The predicted molar refractivity (Wildman–Crippen MR) is 56.8 cm³/mol. The summed E-state index contributed by atoms with van der Waals surface area (Å²) in [5.41, 5.74) is 2.52. The van der Waals surface area contributed by atoms with Crippen molar-refractivity contribution in [3.8, 4) is 0 Å². The van der Waals surface area contributed by atoms with Crippen LogP contribution in [-0.2, 0) is 11.4 Å². The third-order valence-corrected chi connectivity index (χ3v) is 1.86. The second-order valence-electron chi connectivity index (χ2n) is 2.58. The average molecular weight is 167 g/mol. The maximum atomic E-state index is 3.66. The summed E-state index contributed by atoms with van der Waals surface area (Å²) in [6, 6.07) is 0. The van der Waals surface area contributed by atoms with E-state index in [2.05, 4.69) is 37.3 Å². The summed E-state index contributed by atoms with van der Waals surface area (Å²) < 4.78 is 0. The maximum absolute atomic E-state index is 3.66. The molecule has 0 saturated heterocycles. The molecule has 0 aromatic heterocycles. The van der Waals surface area contributed by atoms with Gasteiger partial charge in [-0.05, 0) is 26.8 Å². The third-order valence-electron chi connectivity index (χ3n) is 1.06. The Bertz CT molecular complexity index is 203. The lowest BCUT2D eigenvalue weighted by molar-refractivity contribution is 1.41. The van der Waals surface area contributed by atoms with Gasteiger partial charge in [0, 0.05) is 5.57 Å². The molecule has 0 fully saturated rings. The van der Waals surface area contributed by atoms with Gasteiger partial charge >= 0.3 is 0 Å². The van der Waals surface area contributed by atoms with Gasteiger partial charge < -0.3 is 0 Å². The van der Waals surface area contributed by atoms with Crippen molar-refractivity contribution < 1.29 is 0 Å². The van der Waals surface area contributed by atoms with Gasteiger partial charge in [0.1, 0.15) is 0 Å². The van der Waals surface area contributed by atoms with Crippen molar-refractivity contribution in [3.63, 3.8) is 0 Å². The molecule has 0 amide bonds. The quantitative estimate of drug-likeness (QED) is 0.262. The average Bonchev–Trinajstić information content (AvgIpc) is 1.97. The topological polar surface area (TPSA) is 0 Å². The van der Waals surface area contributed by atoms with E-state index < -0.39 is 0 Å². The van der Waals surface area contributed by atoms with Gasteiger partial charge in [0.2, 0.25) is 11.4 Å².